The highest BCUT2D eigenvalue weighted by atomic mass is 15.2. The van der Waals surface area contributed by atoms with Crippen molar-refractivity contribution in [3.05, 3.63) is 35.9 Å². The van der Waals surface area contributed by atoms with Gasteiger partial charge in [0, 0.05) is 25.7 Å². The van der Waals surface area contributed by atoms with Crippen LogP contribution in [0.3, 0.4) is 0 Å². The van der Waals surface area contributed by atoms with E-state index in [2.05, 4.69) is 66.5 Å². The molecule has 1 heterocycles. The van der Waals surface area contributed by atoms with Gasteiger partial charge in [0.25, 0.3) is 0 Å². The first-order chi connectivity index (χ1) is 9.69. The summed E-state index contributed by atoms with van der Waals surface area (Å²) in [5.41, 5.74) is 1.39. The maximum Gasteiger partial charge on any atom is 0.0449 e. The molecule has 0 aliphatic carbocycles. The Morgan fingerprint density at radius 3 is 2.70 bits per heavy atom. The van der Waals surface area contributed by atoms with Crippen LogP contribution in [0.5, 0.6) is 0 Å². The van der Waals surface area contributed by atoms with Crippen LogP contribution in [-0.2, 0) is 0 Å². The minimum atomic E-state index is 0.435. The standard InChI is InChI=1S/C17H29N3/c1-4-18-17(16-8-6-5-7-9-16)14-20(3)13-15-10-11-19(2)12-15/h5-9,15,17-18H,4,10-14H2,1-3H3. The summed E-state index contributed by atoms with van der Waals surface area (Å²) >= 11 is 0. The maximum absolute atomic E-state index is 3.61. The molecule has 0 spiro atoms. The maximum atomic E-state index is 3.61. The molecule has 1 aromatic rings. The molecule has 0 bridgehead atoms. The monoisotopic (exact) mass is 275 g/mol. The van der Waals surface area contributed by atoms with Gasteiger partial charge in [0.15, 0.2) is 0 Å². The molecule has 0 radical (unpaired) electrons. The van der Waals surface area contributed by atoms with Crippen LogP contribution in [0.1, 0.15) is 24.9 Å². The SMILES string of the molecule is CCNC(CN(C)CC1CCN(C)C1)c1ccccc1. The molecule has 2 rings (SSSR count). The van der Waals surface area contributed by atoms with Crippen molar-refractivity contribution >= 4 is 0 Å². The van der Waals surface area contributed by atoms with Gasteiger partial charge in [-0.3, -0.25) is 0 Å². The van der Waals surface area contributed by atoms with Gasteiger partial charge in [-0.2, -0.15) is 0 Å². The van der Waals surface area contributed by atoms with Gasteiger partial charge < -0.3 is 15.1 Å². The van der Waals surface area contributed by atoms with E-state index in [1.54, 1.807) is 0 Å². The van der Waals surface area contributed by atoms with Gasteiger partial charge in [-0.25, -0.2) is 0 Å². The zero-order valence-corrected chi connectivity index (χ0v) is 13.2. The van der Waals surface area contributed by atoms with Crippen LogP contribution in [0.25, 0.3) is 0 Å². The van der Waals surface area contributed by atoms with E-state index in [0.29, 0.717) is 6.04 Å². The summed E-state index contributed by atoms with van der Waals surface area (Å²) in [5.74, 6) is 0.836. The normalized spacial score (nSPS) is 21.5. The Bertz CT molecular complexity index is 379. The fourth-order valence-electron chi connectivity index (χ4n) is 3.22. The number of nitrogens with zero attached hydrogens (tertiary/aromatic N) is 2. The van der Waals surface area contributed by atoms with E-state index in [1.807, 2.05) is 0 Å². The summed E-state index contributed by atoms with van der Waals surface area (Å²) in [4.78, 5) is 4.93. The van der Waals surface area contributed by atoms with Crippen molar-refractivity contribution in [1.29, 1.82) is 0 Å². The number of hydrogen-bond donors (Lipinski definition) is 1. The van der Waals surface area contributed by atoms with Gasteiger partial charge in [-0.15, -0.1) is 0 Å². The van der Waals surface area contributed by atoms with Crippen molar-refractivity contribution in [2.45, 2.75) is 19.4 Å². The fraction of sp³-hybridized carbons (Fsp3) is 0.647. The third-order valence-electron chi connectivity index (χ3n) is 4.21. The van der Waals surface area contributed by atoms with Crippen LogP contribution in [0, 0.1) is 5.92 Å². The summed E-state index contributed by atoms with van der Waals surface area (Å²) < 4.78 is 0. The van der Waals surface area contributed by atoms with Gasteiger partial charge in [0.05, 0.1) is 0 Å². The van der Waals surface area contributed by atoms with Crippen LogP contribution in [0.2, 0.25) is 0 Å². The molecule has 0 amide bonds. The van der Waals surface area contributed by atoms with Gasteiger partial charge in [-0.1, -0.05) is 37.3 Å². The van der Waals surface area contributed by atoms with Gasteiger partial charge in [0.2, 0.25) is 0 Å². The molecule has 1 saturated heterocycles. The van der Waals surface area contributed by atoms with E-state index in [1.165, 1.54) is 31.6 Å². The molecule has 0 aromatic heterocycles. The predicted molar refractivity (Wildman–Crippen MR) is 86.0 cm³/mol. The Morgan fingerprint density at radius 2 is 2.10 bits per heavy atom. The molecule has 3 heteroatoms. The highest BCUT2D eigenvalue weighted by Gasteiger charge is 2.22. The first-order valence-electron chi connectivity index (χ1n) is 7.84. The quantitative estimate of drug-likeness (QED) is 0.823. The summed E-state index contributed by atoms with van der Waals surface area (Å²) in [5, 5.41) is 3.61. The summed E-state index contributed by atoms with van der Waals surface area (Å²) in [7, 11) is 4.48. The molecule has 1 aliphatic heterocycles. The zero-order valence-electron chi connectivity index (χ0n) is 13.2. The van der Waals surface area contributed by atoms with Crippen LogP contribution < -0.4 is 5.32 Å². The predicted octanol–water partition coefficient (Wildman–Crippen LogP) is 2.22. The molecule has 0 saturated carbocycles. The van der Waals surface area contributed by atoms with Gasteiger partial charge >= 0.3 is 0 Å². The average Bonchev–Trinajstić information content (AvgIpc) is 2.84. The Hall–Kier alpha value is -0.900. The summed E-state index contributed by atoms with van der Waals surface area (Å²) in [6, 6.07) is 11.2. The molecule has 112 valence electrons. The number of likely N-dealkylation sites (N-methyl/N-ethyl adjacent to an activating group) is 2. The smallest absolute Gasteiger partial charge is 0.0449 e. The average molecular weight is 275 g/mol. The zero-order chi connectivity index (χ0) is 14.4. The van der Waals surface area contributed by atoms with Crippen molar-refractivity contribution in [2.75, 3.05) is 46.8 Å². The molecule has 1 N–H and O–H groups in total. The molecule has 1 aromatic carbocycles. The number of hydrogen-bond acceptors (Lipinski definition) is 3. The van der Waals surface area contributed by atoms with E-state index >= 15 is 0 Å². The second kappa shape index (κ2) is 7.77. The third-order valence-corrected chi connectivity index (χ3v) is 4.21. The third kappa shape index (κ3) is 4.58. The van der Waals surface area contributed by atoms with E-state index < -0.39 is 0 Å². The molecule has 1 fully saturated rings. The molecule has 2 unspecified atom stereocenters. The lowest BCUT2D eigenvalue weighted by molar-refractivity contribution is 0.248. The topological polar surface area (TPSA) is 18.5 Å². The second-order valence-corrected chi connectivity index (χ2v) is 6.16. The van der Waals surface area contributed by atoms with Crippen molar-refractivity contribution in [3.8, 4) is 0 Å². The van der Waals surface area contributed by atoms with Gasteiger partial charge in [-0.05, 0) is 45.1 Å². The van der Waals surface area contributed by atoms with Crippen molar-refractivity contribution in [3.63, 3.8) is 0 Å². The van der Waals surface area contributed by atoms with E-state index in [-0.39, 0.29) is 0 Å². The van der Waals surface area contributed by atoms with Crippen LogP contribution >= 0.6 is 0 Å². The van der Waals surface area contributed by atoms with Crippen LogP contribution in [0.4, 0.5) is 0 Å². The number of benzene rings is 1. The van der Waals surface area contributed by atoms with Crippen LogP contribution in [-0.4, -0.2) is 56.6 Å². The van der Waals surface area contributed by atoms with E-state index in [0.717, 1.165) is 19.0 Å². The van der Waals surface area contributed by atoms with Crippen molar-refractivity contribution < 1.29 is 0 Å². The lowest BCUT2D eigenvalue weighted by Gasteiger charge is -2.27. The number of rotatable bonds is 7. The van der Waals surface area contributed by atoms with E-state index in [9.17, 15) is 0 Å². The molecular weight excluding hydrogens is 246 g/mol. The fourth-order valence-corrected chi connectivity index (χ4v) is 3.22. The van der Waals surface area contributed by atoms with Gasteiger partial charge in [0.1, 0.15) is 0 Å². The van der Waals surface area contributed by atoms with Crippen molar-refractivity contribution in [1.82, 2.24) is 15.1 Å². The Labute approximate surface area is 124 Å². The Kier molecular flexibility index (Phi) is 6.02. The highest BCUT2D eigenvalue weighted by Crippen LogP contribution is 2.18. The minimum absolute atomic E-state index is 0.435. The summed E-state index contributed by atoms with van der Waals surface area (Å²) in [6.45, 7) is 7.99. The number of nitrogens with one attached hydrogen (secondary N) is 1. The number of likely N-dealkylation sites (tertiary alicyclic amines) is 1. The van der Waals surface area contributed by atoms with Crippen molar-refractivity contribution in [2.24, 2.45) is 5.92 Å². The highest BCUT2D eigenvalue weighted by molar-refractivity contribution is 5.19. The molecule has 20 heavy (non-hydrogen) atoms. The Balaban J connectivity index is 1.87. The summed E-state index contributed by atoms with van der Waals surface area (Å²) in [6.07, 6.45) is 1.35. The Morgan fingerprint density at radius 1 is 1.35 bits per heavy atom. The first-order valence-corrected chi connectivity index (χ1v) is 7.84. The largest absolute Gasteiger partial charge is 0.309 e. The molecule has 3 nitrogen and oxygen atoms in total. The first kappa shape index (κ1) is 15.5. The van der Waals surface area contributed by atoms with Crippen LogP contribution in [0.15, 0.2) is 30.3 Å². The second-order valence-electron chi connectivity index (χ2n) is 6.16. The lowest BCUT2D eigenvalue weighted by atomic mass is 10.0. The molecule has 1 aliphatic rings. The molecule has 2 atom stereocenters. The molecular formula is C17H29N3. The minimum Gasteiger partial charge on any atom is -0.309 e. The lowest BCUT2D eigenvalue weighted by Crippen LogP contribution is -2.36. The van der Waals surface area contributed by atoms with E-state index in [4.69, 9.17) is 0 Å².